The van der Waals surface area contributed by atoms with Gasteiger partial charge in [-0.3, -0.25) is 4.79 Å². The van der Waals surface area contributed by atoms with Gasteiger partial charge in [0.15, 0.2) is 0 Å². The molecule has 0 bridgehead atoms. The van der Waals surface area contributed by atoms with Crippen molar-refractivity contribution in [3.63, 3.8) is 0 Å². The summed E-state index contributed by atoms with van der Waals surface area (Å²) >= 11 is 0. The number of aromatic nitrogens is 2. The topological polar surface area (TPSA) is 68.0 Å². The molecule has 1 aliphatic rings. The first-order valence-corrected chi connectivity index (χ1v) is 7.65. The highest BCUT2D eigenvalue weighted by Crippen LogP contribution is 2.11. The SMILES string of the molecule is CCC1=NO[C@@H](CNC(=O)CCc2cn3ccccc3n2)C1. The van der Waals surface area contributed by atoms with E-state index in [0.29, 0.717) is 19.4 Å². The standard InChI is InChI=1S/C16H20N4O2/c1-2-12-9-14(22-19-12)10-17-16(21)7-6-13-11-20-8-4-3-5-15(20)18-13/h3-5,8,11,14H,2,6-7,9-10H2,1H3,(H,17,21)/t14-/m1/s1. The fraction of sp³-hybridized carbons (Fsp3) is 0.438. The van der Waals surface area contributed by atoms with Crippen molar-refractivity contribution in [3.8, 4) is 0 Å². The maximum atomic E-state index is 11.9. The summed E-state index contributed by atoms with van der Waals surface area (Å²) in [6.07, 6.45) is 6.67. The smallest absolute Gasteiger partial charge is 0.220 e. The van der Waals surface area contributed by atoms with Crippen LogP contribution in [0.1, 0.15) is 31.9 Å². The summed E-state index contributed by atoms with van der Waals surface area (Å²) in [6, 6.07) is 5.86. The molecule has 2 aromatic rings. The van der Waals surface area contributed by atoms with Gasteiger partial charge in [0.25, 0.3) is 0 Å². The molecular formula is C16H20N4O2. The van der Waals surface area contributed by atoms with E-state index in [1.807, 2.05) is 35.0 Å². The van der Waals surface area contributed by atoms with Gasteiger partial charge in [-0.2, -0.15) is 0 Å². The largest absolute Gasteiger partial charge is 0.390 e. The number of hydrogen-bond donors (Lipinski definition) is 1. The molecule has 0 aliphatic carbocycles. The molecule has 6 heteroatoms. The lowest BCUT2D eigenvalue weighted by atomic mass is 10.1. The quantitative estimate of drug-likeness (QED) is 0.886. The Hall–Kier alpha value is -2.37. The van der Waals surface area contributed by atoms with Crippen molar-refractivity contribution in [2.75, 3.05) is 6.54 Å². The molecule has 0 aromatic carbocycles. The molecule has 0 spiro atoms. The van der Waals surface area contributed by atoms with Crippen molar-refractivity contribution in [2.24, 2.45) is 5.16 Å². The fourth-order valence-corrected chi connectivity index (χ4v) is 2.47. The number of nitrogens with zero attached hydrogens (tertiary/aromatic N) is 3. The third kappa shape index (κ3) is 3.44. The number of oxime groups is 1. The summed E-state index contributed by atoms with van der Waals surface area (Å²) in [7, 11) is 0. The van der Waals surface area contributed by atoms with E-state index in [0.717, 1.165) is 29.9 Å². The van der Waals surface area contributed by atoms with E-state index in [1.54, 1.807) is 0 Å². The van der Waals surface area contributed by atoms with Crippen molar-refractivity contribution in [1.82, 2.24) is 14.7 Å². The number of fused-ring (bicyclic) bond motifs is 1. The van der Waals surface area contributed by atoms with Crippen LogP contribution in [-0.4, -0.2) is 33.7 Å². The zero-order valence-corrected chi connectivity index (χ0v) is 12.7. The van der Waals surface area contributed by atoms with Crippen LogP contribution in [0.25, 0.3) is 5.65 Å². The Labute approximate surface area is 129 Å². The lowest BCUT2D eigenvalue weighted by molar-refractivity contribution is -0.121. The normalized spacial score (nSPS) is 17.3. The van der Waals surface area contributed by atoms with E-state index < -0.39 is 0 Å². The molecule has 1 atom stereocenters. The monoisotopic (exact) mass is 300 g/mol. The highest BCUT2D eigenvalue weighted by Gasteiger charge is 2.20. The van der Waals surface area contributed by atoms with Gasteiger partial charge >= 0.3 is 0 Å². The summed E-state index contributed by atoms with van der Waals surface area (Å²) in [5.74, 6) is 0.0191. The number of hydrogen-bond acceptors (Lipinski definition) is 4. The van der Waals surface area contributed by atoms with Gasteiger partial charge < -0.3 is 14.6 Å². The van der Waals surface area contributed by atoms with E-state index in [1.165, 1.54) is 0 Å². The molecule has 0 saturated carbocycles. The molecule has 0 fully saturated rings. The lowest BCUT2D eigenvalue weighted by Gasteiger charge is -2.09. The molecule has 3 rings (SSSR count). The maximum absolute atomic E-state index is 11.9. The highest BCUT2D eigenvalue weighted by molar-refractivity contribution is 5.85. The van der Waals surface area contributed by atoms with Crippen LogP contribution in [0.15, 0.2) is 35.7 Å². The Kier molecular flexibility index (Phi) is 4.37. The van der Waals surface area contributed by atoms with Crippen LogP contribution in [0.5, 0.6) is 0 Å². The number of carbonyl (C=O) groups is 1. The second-order valence-electron chi connectivity index (χ2n) is 5.45. The predicted octanol–water partition coefficient (Wildman–Crippen LogP) is 1.94. The Morgan fingerprint density at radius 1 is 1.50 bits per heavy atom. The van der Waals surface area contributed by atoms with Gasteiger partial charge in [-0.1, -0.05) is 18.1 Å². The Bertz CT molecular complexity index is 659. The van der Waals surface area contributed by atoms with Crippen molar-refractivity contribution >= 4 is 17.3 Å². The Balaban J connectivity index is 1.42. The van der Waals surface area contributed by atoms with E-state index in [2.05, 4.69) is 22.4 Å². The molecule has 0 radical (unpaired) electrons. The minimum absolute atomic E-state index is 0.0191. The molecule has 1 aliphatic heterocycles. The van der Waals surface area contributed by atoms with Gasteiger partial charge in [-0.15, -0.1) is 0 Å². The van der Waals surface area contributed by atoms with Crippen molar-refractivity contribution in [1.29, 1.82) is 0 Å². The van der Waals surface area contributed by atoms with Crippen LogP contribution in [0.3, 0.4) is 0 Å². The number of nitrogens with one attached hydrogen (secondary N) is 1. The van der Waals surface area contributed by atoms with E-state index in [9.17, 15) is 4.79 Å². The molecule has 1 N–H and O–H groups in total. The fourth-order valence-electron chi connectivity index (χ4n) is 2.47. The first-order valence-electron chi connectivity index (χ1n) is 7.65. The van der Waals surface area contributed by atoms with E-state index in [4.69, 9.17) is 4.84 Å². The summed E-state index contributed by atoms with van der Waals surface area (Å²) in [6.45, 7) is 2.56. The second kappa shape index (κ2) is 6.60. The summed E-state index contributed by atoms with van der Waals surface area (Å²) in [5, 5.41) is 6.89. The number of amides is 1. The minimum Gasteiger partial charge on any atom is -0.390 e. The van der Waals surface area contributed by atoms with Gasteiger partial charge in [0.1, 0.15) is 11.8 Å². The average Bonchev–Trinajstić information content (AvgIpc) is 3.16. The zero-order chi connectivity index (χ0) is 15.4. The third-order valence-electron chi connectivity index (χ3n) is 3.75. The van der Waals surface area contributed by atoms with Gasteiger partial charge in [0, 0.05) is 25.2 Å². The van der Waals surface area contributed by atoms with Gasteiger partial charge in [-0.05, 0) is 25.0 Å². The average molecular weight is 300 g/mol. The van der Waals surface area contributed by atoms with E-state index in [-0.39, 0.29) is 12.0 Å². The van der Waals surface area contributed by atoms with Gasteiger partial charge in [-0.25, -0.2) is 4.98 Å². The van der Waals surface area contributed by atoms with Crippen molar-refractivity contribution in [2.45, 2.75) is 38.7 Å². The predicted molar refractivity (Wildman–Crippen MR) is 83.7 cm³/mol. The third-order valence-corrected chi connectivity index (χ3v) is 3.75. The number of aryl methyl sites for hydroxylation is 1. The van der Waals surface area contributed by atoms with Crippen LogP contribution in [0, 0.1) is 0 Å². The molecule has 0 saturated heterocycles. The molecule has 22 heavy (non-hydrogen) atoms. The second-order valence-corrected chi connectivity index (χ2v) is 5.45. The molecule has 116 valence electrons. The molecule has 1 amide bonds. The first-order chi connectivity index (χ1) is 10.7. The van der Waals surface area contributed by atoms with Crippen LogP contribution in [0.4, 0.5) is 0 Å². The Morgan fingerprint density at radius 2 is 2.41 bits per heavy atom. The van der Waals surface area contributed by atoms with Gasteiger partial charge in [0.2, 0.25) is 5.91 Å². The van der Waals surface area contributed by atoms with Gasteiger partial charge in [0.05, 0.1) is 18.0 Å². The molecule has 0 unspecified atom stereocenters. The molecular weight excluding hydrogens is 280 g/mol. The summed E-state index contributed by atoms with van der Waals surface area (Å²) in [5.41, 5.74) is 2.89. The highest BCUT2D eigenvalue weighted by atomic mass is 16.6. The number of imidazole rings is 1. The summed E-state index contributed by atoms with van der Waals surface area (Å²) < 4.78 is 1.96. The Morgan fingerprint density at radius 3 is 3.18 bits per heavy atom. The van der Waals surface area contributed by atoms with Crippen LogP contribution in [-0.2, 0) is 16.1 Å². The number of pyridine rings is 1. The van der Waals surface area contributed by atoms with Crippen molar-refractivity contribution in [3.05, 3.63) is 36.3 Å². The number of rotatable bonds is 6. The van der Waals surface area contributed by atoms with Crippen LogP contribution in [0.2, 0.25) is 0 Å². The first kappa shape index (κ1) is 14.6. The molecule has 3 heterocycles. The maximum Gasteiger partial charge on any atom is 0.220 e. The van der Waals surface area contributed by atoms with Crippen molar-refractivity contribution < 1.29 is 9.63 Å². The van der Waals surface area contributed by atoms with Crippen LogP contribution < -0.4 is 5.32 Å². The van der Waals surface area contributed by atoms with E-state index >= 15 is 0 Å². The number of carbonyl (C=O) groups excluding carboxylic acids is 1. The van der Waals surface area contributed by atoms with Crippen LogP contribution >= 0.6 is 0 Å². The summed E-state index contributed by atoms with van der Waals surface area (Å²) in [4.78, 5) is 21.7. The lowest BCUT2D eigenvalue weighted by Crippen LogP contribution is -2.32. The molecule has 6 nitrogen and oxygen atoms in total. The zero-order valence-electron chi connectivity index (χ0n) is 12.7. The molecule has 2 aromatic heterocycles. The minimum atomic E-state index is -0.0194.